The molecule has 90 valence electrons. The van der Waals surface area contributed by atoms with Gasteiger partial charge >= 0.3 is 0 Å². The molecule has 1 heterocycles. The summed E-state index contributed by atoms with van der Waals surface area (Å²) < 4.78 is 10.1. The third kappa shape index (κ3) is 3.72. The fourth-order valence-electron chi connectivity index (χ4n) is 1.02. The van der Waals surface area contributed by atoms with Gasteiger partial charge in [-0.05, 0) is 6.42 Å². The molecule has 0 aliphatic rings. The molecule has 1 rings (SSSR count). The van der Waals surface area contributed by atoms with Crippen molar-refractivity contribution < 1.29 is 9.47 Å². The van der Waals surface area contributed by atoms with Gasteiger partial charge in [-0.15, -0.1) is 11.6 Å². The maximum absolute atomic E-state index is 5.83. The molecule has 4 nitrogen and oxygen atoms in total. The van der Waals surface area contributed by atoms with E-state index in [9.17, 15) is 0 Å². The Labute approximate surface area is 105 Å². The van der Waals surface area contributed by atoms with Gasteiger partial charge in [0.1, 0.15) is 0 Å². The number of rotatable bonds is 6. The Hall–Kier alpha value is -0.680. The van der Waals surface area contributed by atoms with Crippen molar-refractivity contribution in [2.75, 3.05) is 20.1 Å². The van der Waals surface area contributed by atoms with E-state index in [-0.39, 0.29) is 0 Å². The average Bonchev–Trinajstić information content (AvgIpc) is 2.35. The van der Waals surface area contributed by atoms with Crippen LogP contribution in [0.5, 0.6) is 11.8 Å². The average molecular weight is 263 g/mol. The Bertz CT molecular complexity index is 312. The van der Waals surface area contributed by atoms with Crippen LogP contribution in [0, 0.1) is 0 Å². The second kappa shape index (κ2) is 6.81. The van der Waals surface area contributed by atoms with E-state index in [0.717, 1.165) is 6.42 Å². The van der Waals surface area contributed by atoms with Crippen LogP contribution in [0.3, 0.4) is 0 Å². The second-order valence-electron chi connectivity index (χ2n) is 3.04. The van der Waals surface area contributed by atoms with Gasteiger partial charge in [-0.2, -0.15) is 9.97 Å². The van der Waals surface area contributed by atoms with E-state index in [4.69, 9.17) is 21.1 Å². The predicted octanol–water partition coefficient (Wildman–Crippen LogP) is 2.60. The van der Waals surface area contributed by atoms with Crippen molar-refractivity contribution in [2.24, 2.45) is 0 Å². The van der Waals surface area contributed by atoms with Gasteiger partial charge < -0.3 is 9.47 Å². The Morgan fingerprint density at radius 3 is 2.25 bits per heavy atom. The van der Waals surface area contributed by atoms with Gasteiger partial charge in [0.05, 0.1) is 20.3 Å². The molecule has 0 fully saturated rings. The molecule has 0 aliphatic heterocycles. The molecule has 0 saturated carbocycles. The highest BCUT2D eigenvalue weighted by molar-refractivity contribution is 7.99. The van der Waals surface area contributed by atoms with Crippen LogP contribution >= 0.6 is 23.4 Å². The minimum absolute atomic E-state index is 0.304. The summed E-state index contributed by atoms with van der Waals surface area (Å²) in [6.07, 6.45) is 0.969. The van der Waals surface area contributed by atoms with Crippen molar-refractivity contribution in [1.82, 2.24) is 9.97 Å². The minimum Gasteiger partial charge on any atom is -0.481 e. The number of thioether (sulfide) groups is 1. The number of methoxy groups -OCH3 is 2. The number of aromatic nitrogens is 2. The SMILES string of the molecule is CCC(CCl)Sc1nc(OC)cc(OC)n1. The quantitative estimate of drug-likeness (QED) is 0.448. The molecular formula is C10H15ClN2O2S. The van der Waals surface area contributed by atoms with E-state index in [2.05, 4.69) is 16.9 Å². The number of hydrogen-bond donors (Lipinski definition) is 0. The van der Waals surface area contributed by atoms with Crippen LogP contribution in [0.25, 0.3) is 0 Å². The number of ether oxygens (including phenoxy) is 2. The Kier molecular flexibility index (Phi) is 5.69. The smallest absolute Gasteiger partial charge is 0.220 e. The van der Waals surface area contributed by atoms with E-state index in [1.165, 1.54) is 11.8 Å². The summed E-state index contributed by atoms with van der Waals surface area (Å²) in [5, 5.41) is 0.933. The van der Waals surface area contributed by atoms with Crippen molar-refractivity contribution >= 4 is 23.4 Å². The van der Waals surface area contributed by atoms with Crippen LogP contribution in [0.1, 0.15) is 13.3 Å². The number of nitrogens with zero attached hydrogens (tertiary/aromatic N) is 2. The zero-order valence-electron chi connectivity index (χ0n) is 9.57. The molecule has 0 aromatic carbocycles. The molecule has 0 bridgehead atoms. The molecule has 6 heteroatoms. The molecule has 1 aromatic heterocycles. The van der Waals surface area contributed by atoms with E-state index in [1.54, 1.807) is 20.3 Å². The Balaban J connectivity index is 2.85. The lowest BCUT2D eigenvalue weighted by atomic mass is 10.4. The van der Waals surface area contributed by atoms with Crippen molar-refractivity contribution in [3.63, 3.8) is 0 Å². The van der Waals surface area contributed by atoms with Gasteiger partial charge in [0.15, 0.2) is 5.16 Å². The lowest BCUT2D eigenvalue weighted by Crippen LogP contribution is -2.04. The number of hydrogen-bond acceptors (Lipinski definition) is 5. The number of alkyl halides is 1. The van der Waals surface area contributed by atoms with Gasteiger partial charge in [-0.25, -0.2) is 0 Å². The zero-order chi connectivity index (χ0) is 12.0. The standard InChI is InChI=1S/C10H15ClN2O2S/c1-4-7(6-11)16-10-12-8(14-2)5-9(13-10)15-3/h5,7H,4,6H2,1-3H3. The first-order valence-electron chi connectivity index (χ1n) is 4.93. The largest absolute Gasteiger partial charge is 0.481 e. The van der Waals surface area contributed by atoms with Crippen LogP contribution in [0.2, 0.25) is 0 Å². The van der Waals surface area contributed by atoms with E-state index >= 15 is 0 Å². The zero-order valence-corrected chi connectivity index (χ0v) is 11.1. The molecule has 0 saturated heterocycles. The molecule has 0 amide bonds. The highest BCUT2D eigenvalue weighted by Crippen LogP contribution is 2.26. The molecular weight excluding hydrogens is 248 g/mol. The molecule has 16 heavy (non-hydrogen) atoms. The molecule has 0 radical (unpaired) electrons. The first kappa shape index (κ1) is 13.4. The van der Waals surface area contributed by atoms with Crippen molar-refractivity contribution in [3.05, 3.63) is 6.07 Å². The van der Waals surface area contributed by atoms with Crippen LogP contribution in [0.15, 0.2) is 11.2 Å². The highest BCUT2D eigenvalue weighted by atomic mass is 35.5. The van der Waals surface area contributed by atoms with Gasteiger partial charge in [-0.3, -0.25) is 0 Å². The lowest BCUT2D eigenvalue weighted by Gasteiger charge is -2.10. The van der Waals surface area contributed by atoms with Crippen molar-refractivity contribution in [3.8, 4) is 11.8 Å². The van der Waals surface area contributed by atoms with Gasteiger partial charge in [-0.1, -0.05) is 18.7 Å². The third-order valence-electron chi connectivity index (χ3n) is 1.98. The van der Waals surface area contributed by atoms with E-state index in [0.29, 0.717) is 28.0 Å². The fourth-order valence-corrected chi connectivity index (χ4v) is 2.24. The van der Waals surface area contributed by atoms with E-state index < -0.39 is 0 Å². The Morgan fingerprint density at radius 2 is 1.88 bits per heavy atom. The molecule has 0 aliphatic carbocycles. The van der Waals surface area contributed by atoms with E-state index in [1.807, 2.05) is 0 Å². The summed E-state index contributed by atoms with van der Waals surface area (Å²) in [7, 11) is 3.13. The van der Waals surface area contributed by atoms with Crippen LogP contribution in [-0.4, -0.2) is 35.3 Å². The first-order chi connectivity index (χ1) is 7.73. The molecule has 0 spiro atoms. The summed E-state index contributed by atoms with van der Waals surface area (Å²) in [5.74, 6) is 1.57. The van der Waals surface area contributed by atoms with Crippen molar-refractivity contribution in [1.29, 1.82) is 0 Å². The maximum atomic E-state index is 5.83. The third-order valence-corrected chi connectivity index (χ3v) is 3.76. The van der Waals surface area contributed by atoms with Crippen LogP contribution in [-0.2, 0) is 0 Å². The van der Waals surface area contributed by atoms with Crippen molar-refractivity contribution in [2.45, 2.75) is 23.8 Å². The monoisotopic (exact) mass is 262 g/mol. The molecule has 1 atom stereocenters. The summed E-state index contributed by atoms with van der Waals surface area (Å²) in [4.78, 5) is 8.45. The highest BCUT2D eigenvalue weighted by Gasteiger charge is 2.11. The van der Waals surface area contributed by atoms with Crippen LogP contribution in [0.4, 0.5) is 0 Å². The van der Waals surface area contributed by atoms with Gasteiger partial charge in [0.25, 0.3) is 0 Å². The lowest BCUT2D eigenvalue weighted by molar-refractivity contribution is 0.364. The summed E-state index contributed by atoms with van der Waals surface area (Å²) >= 11 is 7.36. The summed E-state index contributed by atoms with van der Waals surface area (Å²) in [5.41, 5.74) is 0. The summed E-state index contributed by atoms with van der Waals surface area (Å²) in [6, 6.07) is 1.64. The van der Waals surface area contributed by atoms with Gasteiger partial charge in [0, 0.05) is 11.1 Å². The Morgan fingerprint density at radius 1 is 1.31 bits per heavy atom. The minimum atomic E-state index is 0.304. The normalized spacial score (nSPS) is 12.2. The number of halogens is 1. The molecule has 1 unspecified atom stereocenters. The predicted molar refractivity (Wildman–Crippen MR) is 65.8 cm³/mol. The fraction of sp³-hybridized carbons (Fsp3) is 0.600. The van der Waals surface area contributed by atoms with Gasteiger partial charge in [0.2, 0.25) is 11.8 Å². The summed E-state index contributed by atoms with van der Waals surface area (Å²) in [6.45, 7) is 2.08. The van der Waals surface area contributed by atoms with Crippen LogP contribution < -0.4 is 9.47 Å². The second-order valence-corrected chi connectivity index (χ2v) is 4.61. The molecule has 1 aromatic rings. The maximum Gasteiger partial charge on any atom is 0.220 e. The topological polar surface area (TPSA) is 44.2 Å². The molecule has 0 N–H and O–H groups in total. The first-order valence-corrected chi connectivity index (χ1v) is 6.34.